The van der Waals surface area contributed by atoms with Gasteiger partial charge in [-0.15, -0.1) is 0 Å². The second-order valence-electron chi connectivity index (χ2n) is 24.0. The maximum absolute atomic E-state index is 13.2. The number of nitrogens with one attached hydrogen (secondary N) is 7. The molecule has 14 rings (SSSR count). The Morgan fingerprint density at radius 3 is 1.78 bits per heavy atom. The van der Waals surface area contributed by atoms with Crippen molar-refractivity contribution in [2.75, 3.05) is 69.6 Å². The number of nitrogens with zero attached hydrogens (tertiary/aromatic N) is 4. The van der Waals surface area contributed by atoms with Crippen LogP contribution in [0.3, 0.4) is 0 Å². The van der Waals surface area contributed by atoms with E-state index in [4.69, 9.17) is 16.3 Å². The average molecular weight is 1360 g/mol. The molecule has 472 valence electrons. The molecule has 0 spiro atoms. The molecule has 4 aromatic heterocycles. The Hall–Kier alpha value is -8.09. The summed E-state index contributed by atoms with van der Waals surface area (Å²) in [5, 5.41) is 41.4. The van der Waals surface area contributed by atoms with Crippen molar-refractivity contribution < 1.29 is 38.9 Å². The first kappa shape index (κ1) is 63.1. The van der Waals surface area contributed by atoms with E-state index in [-0.39, 0.29) is 36.0 Å². The maximum Gasteiger partial charge on any atom is 0.256 e. The van der Waals surface area contributed by atoms with Crippen LogP contribution in [0, 0.1) is 31.3 Å². The first-order valence-corrected chi connectivity index (χ1v) is 32.5. The van der Waals surface area contributed by atoms with Gasteiger partial charge in [-0.1, -0.05) is 75.7 Å². The summed E-state index contributed by atoms with van der Waals surface area (Å²) < 4.78 is 12.0. The fraction of sp³-hybridized carbons (Fsp3) is 0.329. The molecule has 2 bridgehead atoms. The molecule has 3 atom stereocenters. The normalized spacial score (nSPS) is 19.3. The minimum atomic E-state index is -1.48. The Labute approximate surface area is 545 Å². The van der Waals surface area contributed by atoms with Gasteiger partial charge in [-0.05, 0) is 161 Å². The van der Waals surface area contributed by atoms with E-state index in [1.165, 1.54) is 0 Å². The number of aromatic amines is 2. The summed E-state index contributed by atoms with van der Waals surface area (Å²) in [6.45, 7) is 24.6. The lowest BCUT2D eigenvalue weighted by atomic mass is 9.89. The number of para-hydroxylation sites is 2. The highest BCUT2D eigenvalue weighted by atomic mass is 127. The number of hydrogen-bond donors (Lipinski definition) is 9. The number of halogens is 2. The van der Waals surface area contributed by atoms with Gasteiger partial charge in [0.15, 0.2) is 5.72 Å². The predicted molar refractivity (Wildman–Crippen MR) is 368 cm³/mol. The van der Waals surface area contributed by atoms with Crippen LogP contribution in [0.2, 0.25) is 5.02 Å². The number of carbonyl (C=O) groups excluding carboxylic acids is 5. The lowest BCUT2D eigenvalue weighted by Gasteiger charge is -2.38. The zero-order chi connectivity index (χ0) is 64.5. The topological polar surface area (TPSA) is 243 Å². The lowest BCUT2D eigenvalue weighted by molar-refractivity contribution is -0.189. The quantitative estimate of drug-likeness (QED) is 0.0347. The highest BCUT2D eigenvalue weighted by molar-refractivity contribution is 14.1. The van der Waals surface area contributed by atoms with Crippen LogP contribution in [-0.4, -0.2) is 133 Å². The number of ether oxygens (including phenoxy) is 1. The van der Waals surface area contributed by atoms with Crippen LogP contribution in [0.25, 0.3) is 66.9 Å². The molecule has 5 aliphatic rings. The van der Waals surface area contributed by atoms with Crippen molar-refractivity contribution >= 4 is 142 Å². The molecule has 0 radical (unpaired) electrons. The number of aliphatic hydroxyl groups is 2. The van der Waals surface area contributed by atoms with Crippen molar-refractivity contribution in [1.29, 1.82) is 0 Å². The smallest absolute Gasteiger partial charge is 0.256 e. The minimum Gasteiger partial charge on any atom is -0.393 e. The molecular formula is C70H75ClIN11O8. The van der Waals surface area contributed by atoms with Gasteiger partial charge < -0.3 is 70.4 Å². The van der Waals surface area contributed by atoms with Crippen molar-refractivity contribution in [1.82, 2.24) is 44.9 Å². The van der Waals surface area contributed by atoms with Crippen LogP contribution >= 0.6 is 34.2 Å². The van der Waals surface area contributed by atoms with E-state index in [2.05, 4.69) is 112 Å². The summed E-state index contributed by atoms with van der Waals surface area (Å²) >= 11 is 8.34. The third kappa shape index (κ3) is 10.7. The Balaban J connectivity index is 0.000000133. The summed E-state index contributed by atoms with van der Waals surface area (Å²) in [5.74, 6) is -0.552. The number of amides is 5. The second-order valence-corrected chi connectivity index (χ2v) is 25.7. The van der Waals surface area contributed by atoms with E-state index in [1.807, 2.05) is 101 Å². The van der Waals surface area contributed by atoms with E-state index < -0.39 is 24.2 Å². The summed E-state index contributed by atoms with van der Waals surface area (Å²) in [6, 6.07) is 27.3. The zero-order valence-corrected chi connectivity index (χ0v) is 55.4. The first-order chi connectivity index (χ1) is 43.7. The van der Waals surface area contributed by atoms with Crippen LogP contribution in [-0.2, 0) is 26.6 Å². The Kier molecular flexibility index (Phi) is 17.2. The van der Waals surface area contributed by atoms with Gasteiger partial charge in [0.1, 0.15) is 11.8 Å². The largest absolute Gasteiger partial charge is 0.393 e. The highest BCUT2D eigenvalue weighted by Crippen LogP contribution is 2.57. The Morgan fingerprint density at radius 1 is 0.714 bits per heavy atom. The summed E-state index contributed by atoms with van der Waals surface area (Å²) in [7, 11) is 0. The van der Waals surface area contributed by atoms with Gasteiger partial charge in [-0.2, -0.15) is 0 Å². The van der Waals surface area contributed by atoms with Gasteiger partial charge in [0.25, 0.3) is 29.5 Å². The standard InChI is InChI=1S/C26H21N3O4.C22H27ClN4O2.C22H27IN4O2/c1-25-26(32,12-30)10-18(33-25)28-16-8-4-2-6-13(16)20-21-15(11-27-24(21)31)19-14-7-3-5-9-17(14)29(25)23(19)22(20)28;2*1-5-27(6-2)10-9-24-22(29)20-13(3)19(25-14(20)4)12-17-16-11-15(23)7-8-18(16)26-21(17)28/h2-9,18,30,32H,10-12H2,1H3,(H,27,31);2*7-8,11-12,25H,5-6,9-10H2,1-4H3,(H,24,29)(H,26,28)/t18-,25-,26-;;/m1../s1. The van der Waals surface area contributed by atoms with E-state index in [0.717, 1.165) is 154 Å². The molecule has 5 aromatic carbocycles. The molecule has 0 unspecified atom stereocenters. The lowest BCUT2D eigenvalue weighted by Crippen LogP contribution is -2.53. The number of H-pyrrole nitrogens is 2. The molecule has 91 heavy (non-hydrogen) atoms. The third-order valence-corrected chi connectivity index (χ3v) is 19.9. The number of fused-ring (bicyclic) bond motifs is 15. The number of hydrogen-bond acceptors (Lipinski definition) is 10. The van der Waals surface area contributed by atoms with Gasteiger partial charge in [-0.3, -0.25) is 24.0 Å². The number of aryl methyl sites for hydroxylation is 2. The number of anilines is 2. The summed E-state index contributed by atoms with van der Waals surface area (Å²) in [4.78, 5) is 74.6. The number of benzene rings is 5. The number of rotatable bonds is 15. The van der Waals surface area contributed by atoms with Crippen molar-refractivity contribution in [3.8, 4) is 0 Å². The molecular weight excluding hydrogens is 1290 g/mol. The SMILES string of the molecule is CCN(CC)CCNC(=O)c1c(C)[nH]c(C=C2C(=O)Nc3ccc(Cl)cc32)c1C.CCN(CC)CCNC(=O)c1c(C)[nH]c(C=C2C(=O)Nc3ccc(I)cc32)c1C.C[C@@]12O[C@H](C[C@@]1(O)CO)n1c3ccccc3c3c4c(c5c6ccccc6n2c5c31)CNC4=O. The zero-order valence-electron chi connectivity index (χ0n) is 52.5. The molecule has 9 heterocycles. The molecule has 19 nitrogen and oxygen atoms in total. The van der Waals surface area contributed by atoms with Gasteiger partial charge in [-0.25, -0.2) is 0 Å². The fourth-order valence-electron chi connectivity index (χ4n) is 14.1. The predicted octanol–water partition coefficient (Wildman–Crippen LogP) is 11.1. The molecule has 5 amide bonds. The molecule has 1 fully saturated rings. The van der Waals surface area contributed by atoms with Crippen LogP contribution in [0.1, 0.15) is 129 Å². The van der Waals surface area contributed by atoms with Crippen molar-refractivity contribution in [2.24, 2.45) is 0 Å². The van der Waals surface area contributed by atoms with Gasteiger partial charge >= 0.3 is 0 Å². The molecule has 5 aliphatic heterocycles. The van der Waals surface area contributed by atoms with Gasteiger partial charge in [0, 0.05) is 115 Å². The average Bonchev–Trinajstić information content (AvgIpc) is 1.49. The monoisotopic (exact) mass is 1360 g/mol. The van der Waals surface area contributed by atoms with Crippen molar-refractivity contribution in [2.45, 2.75) is 92.8 Å². The first-order valence-electron chi connectivity index (χ1n) is 31.0. The fourth-order valence-corrected chi connectivity index (χ4v) is 14.7. The number of likely N-dealkylation sites (N-methyl/N-ethyl adjacent to an activating group) is 2. The summed E-state index contributed by atoms with van der Waals surface area (Å²) in [5.41, 5.74) is 13.2. The Morgan fingerprint density at radius 2 is 1.23 bits per heavy atom. The van der Waals surface area contributed by atoms with Crippen LogP contribution in [0.4, 0.5) is 11.4 Å². The highest BCUT2D eigenvalue weighted by Gasteiger charge is 2.61. The number of aromatic nitrogens is 4. The van der Waals surface area contributed by atoms with Crippen LogP contribution in [0.15, 0.2) is 84.9 Å². The molecule has 21 heteroatoms. The number of carbonyl (C=O) groups is 5. The Bertz CT molecular complexity index is 4410. The van der Waals surface area contributed by atoms with E-state index in [9.17, 15) is 34.2 Å². The van der Waals surface area contributed by atoms with Crippen molar-refractivity contribution in [3.63, 3.8) is 0 Å². The third-order valence-electron chi connectivity index (χ3n) is 19.0. The van der Waals surface area contributed by atoms with E-state index in [1.54, 1.807) is 24.3 Å². The van der Waals surface area contributed by atoms with Crippen LogP contribution < -0.4 is 26.6 Å². The van der Waals surface area contributed by atoms with Gasteiger partial charge in [0.05, 0.1) is 56.5 Å². The maximum atomic E-state index is 13.2. The van der Waals surface area contributed by atoms with E-state index in [0.29, 0.717) is 46.9 Å². The second kappa shape index (κ2) is 24.8. The molecule has 0 saturated carbocycles. The molecule has 0 aliphatic carbocycles. The number of aliphatic hydroxyl groups excluding tert-OH is 1. The minimum absolute atomic E-state index is 0.0555. The van der Waals surface area contributed by atoms with E-state index >= 15 is 0 Å². The van der Waals surface area contributed by atoms with Crippen LogP contribution in [0.5, 0.6) is 0 Å². The molecule has 9 aromatic rings. The molecule has 9 N–H and O–H groups in total. The molecule has 1 saturated heterocycles. The summed E-state index contributed by atoms with van der Waals surface area (Å²) in [6.07, 6.45) is 3.38. The van der Waals surface area contributed by atoms with Gasteiger partial charge in [0.2, 0.25) is 0 Å². The van der Waals surface area contributed by atoms with Crippen molar-refractivity contribution in [3.05, 3.63) is 161 Å².